The van der Waals surface area contributed by atoms with Gasteiger partial charge in [-0.25, -0.2) is 10.2 Å². The van der Waals surface area contributed by atoms with Crippen molar-refractivity contribution in [3.63, 3.8) is 0 Å². The number of hydrogen-bond donors (Lipinski definition) is 2. The number of methoxy groups -OCH3 is 1. The first kappa shape index (κ1) is 23.3. The number of amides is 1. The monoisotopic (exact) mass is 428 g/mol. The third kappa shape index (κ3) is 7.07. The Balaban J connectivity index is 2.07. The molecule has 1 amide bonds. The number of nitrogens with one attached hydrogen (secondary N) is 1. The first-order chi connectivity index (χ1) is 15.0. The van der Waals surface area contributed by atoms with Crippen LogP contribution in [0.25, 0.3) is 0 Å². The number of benzene rings is 2. The van der Waals surface area contributed by atoms with Crippen LogP contribution >= 0.6 is 0 Å². The van der Waals surface area contributed by atoms with Crippen LogP contribution in [0, 0.1) is 0 Å². The largest absolute Gasteiger partial charge is 0.493 e. The van der Waals surface area contributed by atoms with E-state index in [1.165, 1.54) is 13.3 Å². The summed E-state index contributed by atoms with van der Waals surface area (Å²) in [4.78, 5) is 23.1. The molecule has 0 aliphatic carbocycles. The van der Waals surface area contributed by atoms with Crippen LogP contribution in [0.4, 0.5) is 0 Å². The van der Waals surface area contributed by atoms with Gasteiger partial charge in [0.1, 0.15) is 6.61 Å². The Hall–Kier alpha value is -4.01. The average molecular weight is 428 g/mol. The molecule has 0 saturated carbocycles. The number of carboxylic acid groups (broad SMARTS) is 1. The van der Waals surface area contributed by atoms with Gasteiger partial charge in [0.25, 0.3) is 5.91 Å². The van der Waals surface area contributed by atoms with Crippen LogP contribution in [0.3, 0.4) is 0 Å². The molecule has 0 aliphatic heterocycles. The number of ether oxygens (including phenoxy) is 4. The molecule has 0 fully saturated rings. The van der Waals surface area contributed by atoms with E-state index in [4.69, 9.17) is 24.1 Å². The summed E-state index contributed by atoms with van der Waals surface area (Å²) in [6.45, 7) is 5.59. The predicted molar refractivity (Wildman–Crippen MR) is 114 cm³/mol. The summed E-state index contributed by atoms with van der Waals surface area (Å²) < 4.78 is 21.4. The molecule has 2 N–H and O–H groups in total. The van der Waals surface area contributed by atoms with Gasteiger partial charge in [-0.2, -0.15) is 5.10 Å². The number of carbonyl (C=O) groups excluding carboxylic acids is 1. The Morgan fingerprint density at radius 1 is 1.06 bits per heavy atom. The van der Waals surface area contributed by atoms with Crippen molar-refractivity contribution in [3.05, 3.63) is 60.2 Å². The predicted octanol–water partition coefficient (Wildman–Crippen LogP) is 2.89. The summed E-state index contributed by atoms with van der Waals surface area (Å²) in [5.74, 6) is 0.0621. The van der Waals surface area contributed by atoms with Gasteiger partial charge in [-0.1, -0.05) is 12.7 Å². The molecule has 9 heteroatoms. The van der Waals surface area contributed by atoms with Gasteiger partial charge in [-0.15, -0.1) is 0 Å². The molecular weight excluding hydrogens is 404 g/mol. The van der Waals surface area contributed by atoms with Gasteiger partial charge >= 0.3 is 5.97 Å². The normalized spacial score (nSPS) is 10.4. The van der Waals surface area contributed by atoms with Gasteiger partial charge in [0.2, 0.25) is 0 Å². The van der Waals surface area contributed by atoms with Gasteiger partial charge in [0, 0.05) is 5.56 Å². The quantitative estimate of drug-likeness (QED) is 0.303. The van der Waals surface area contributed by atoms with E-state index >= 15 is 0 Å². The molecule has 2 aromatic carbocycles. The highest BCUT2D eigenvalue weighted by Crippen LogP contribution is 2.29. The maximum absolute atomic E-state index is 12.4. The second kappa shape index (κ2) is 11.9. The average Bonchev–Trinajstić information content (AvgIpc) is 2.77. The molecule has 0 bridgehead atoms. The zero-order valence-corrected chi connectivity index (χ0v) is 17.3. The molecule has 0 aromatic heterocycles. The number of nitrogens with zero attached hydrogens (tertiary/aromatic N) is 1. The van der Waals surface area contributed by atoms with Crippen LogP contribution < -0.4 is 24.4 Å². The zero-order valence-electron chi connectivity index (χ0n) is 17.3. The molecule has 0 saturated heterocycles. The molecule has 164 valence electrons. The lowest BCUT2D eigenvalue weighted by Crippen LogP contribution is -2.17. The number of hydrogen-bond acceptors (Lipinski definition) is 7. The number of rotatable bonds is 12. The molecule has 0 radical (unpaired) electrons. The van der Waals surface area contributed by atoms with E-state index in [1.807, 2.05) is 0 Å². The van der Waals surface area contributed by atoms with Gasteiger partial charge in [-0.05, 0) is 48.9 Å². The lowest BCUT2D eigenvalue weighted by Gasteiger charge is -2.11. The van der Waals surface area contributed by atoms with E-state index in [1.54, 1.807) is 49.4 Å². The third-order valence-electron chi connectivity index (χ3n) is 3.78. The Bertz CT molecular complexity index is 957. The van der Waals surface area contributed by atoms with Crippen molar-refractivity contribution in [1.82, 2.24) is 5.43 Å². The summed E-state index contributed by atoms with van der Waals surface area (Å²) in [5, 5.41) is 12.7. The van der Waals surface area contributed by atoms with E-state index in [2.05, 4.69) is 17.1 Å². The zero-order chi connectivity index (χ0) is 22.6. The summed E-state index contributed by atoms with van der Waals surface area (Å²) >= 11 is 0. The molecule has 0 atom stereocenters. The third-order valence-corrected chi connectivity index (χ3v) is 3.78. The topological polar surface area (TPSA) is 116 Å². The molecule has 2 rings (SSSR count). The first-order valence-corrected chi connectivity index (χ1v) is 9.35. The fourth-order valence-electron chi connectivity index (χ4n) is 2.44. The Morgan fingerprint density at radius 2 is 1.81 bits per heavy atom. The number of carboxylic acids is 1. The van der Waals surface area contributed by atoms with Crippen molar-refractivity contribution < 1.29 is 33.6 Å². The highest BCUT2D eigenvalue weighted by molar-refractivity contribution is 5.95. The van der Waals surface area contributed by atoms with Crippen molar-refractivity contribution in [3.8, 4) is 23.0 Å². The molecule has 0 heterocycles. The van der Waals surface area contributed by atoms with Crippen LogP contribution in [-0.4, -0.2) is 50.1 Å². The standard InChI is InChI=1S/C22H24N2O7/c1-4-10-30-17-9-7-16(12-19(17)28-3)22(27)24-23-13-15-6-8-18(31-14-21(25)26)20(11-15)29-5-2/h4,6-9,11-13H,1,5,10,14H2,2-3H3,(H,24,27)(H,25,26)/b23-13+. The maximum Gasteiger partial charge on any atom is 0.341 e. The summed E-state index contributed by atoms with van der Waals surface area (Å²) in [7, 11) is 1.48. The minimum atomic E-state index is -1.09. The lowest BCUT2D eigenvalue weighted by atomic mass is 10.2. The van der Waals surface area contributed by atoms with Gasteiger partial charge in [0.05, 0.1) is 19.9 Å². The van der Waals surface area contributed by atoms with Gasteiger partial charge in [0.15, 0.2) is 29.6 Å². The fourth-order valence-corrected chi connectivity index (χ4v) is 2.44. The molecule has 2 aromatic rings. The molecule has 31 heavy (non-hydrogen) atoms. The maximum atomic E-state index is 12.4. The second-order valence-electron chi connectivity index (χ2n) is 5.99. The van der Waals surface area contributed by atoms with Crippen LogP contribution in [-0.2, 0) is 4.79 Å². The summed E-state index contributed by atoms with van der Waals surface area (Å²) in [6.07, 6.45) is 3.04. The van der Waals surface area contributed by atoms with Crippen LogP contribution in [0.1, 0.15) is 22.8 Å². The molecule has 9 nitrogen and oxygen atoms in total. The second-order valence-corrected chi connectivity index (χ2v) is 5.99. The SMILES string of the molecule is C=CCOc1ccc(C(=O)N/N=C/c2ccc(OCC(=O)O)c(OCC)c2)cc1OC. The minimum absolute atomic E-state index is 0.302. The lowest BCUT2D eigenvalue weighted by molar-refractivity contribution is -0.139. The minimum Gasteiger partial charge on any atom is -0.493 e. The van der Waals surface area contributed by atoms with E-state index in [9.17, 15) is 9.59 Å². The summed E-state index contributed by atoms with van der Waals surface area (Å²) in [6, 6.07) is 9.63. The van der Waals surface area contributed by atoms with Gasteiger partial charge in [-0.3, -0.25) is 4.79 Å². The van der Waals surface area contributed by atoms with E-state index in [0.717, 1.165) is 0 Å². The Kier molecular flexibility index (Phi) is 8.90. The Labute approximate surface area is 179 Å². The van der Waals surface area contributed by atoms with Crippen molar-refractivity contribution in [2.24, 2.45) is 5.10 Å². The summed E-state index contributed by atoms with van der Waals surface area (Å²) in [5.41, 5.74) is 3.40. The van der Waals surface area contributed by atoms with E-state index < -0.39 is 18.5 Å². The van der Waals surface area contributed by atoms with E-state index in [0.29, 0.717) is 47.3 Å². The van der Waals surface area contributed by atoms with E-state index in [-0.39, 0.29) is 0 Å². The highest BCUT2D eigenvalue weighted by Gasteiger charge is 2.11. The van der Waals surface area contributed by atoms with Crippen LogP contribution in [0.5, 0.6) is 23.0 Å². The Morgan fingerprint density at radius 3 is 2.48 bits per heavy atom. The van der Waals surface area contributed by atoms with Crippen molar-refractivity contribution >= 4 is 18.1 Å². The number of aliphatic carboxylic acids is 1. The van der Waals surface area contributed by atoms with Crippen molar-refractivity contribution in [2.45, 2.75) is 6.92 Å². The fraction of sp³-hybridized carbons (Fsp3) is 0.227. The first-order valence-electron chi connectivity index (χ1n) is 9.35. The van der Waals surface area contributed by atoms with Gasteiger partial charge < -0.3 is 24.1 Å². The van der Waals surface area contributed by atoms with Crippen LogP contribution in [0.15, 0.2) is 54.2 Å². The molecule has 0 aliphatic rings. The van der Waals surface area contributed by atoms with Crippen molar-refractivity contribution in [2.75, 3.05) is 26.9 Å². The van der Waals surface area contributed by atoms with Crippen molar-refractivity contribution in [1.29, 1.82) is 0 Å². The van der Waals surface area contributed by atoms with Crippen LogP contribution in [0.2, 0.25) is 0 Å². The molecule has 0 spiro atoms. The molecular formula is C22H24N2O7. The number of hydrazone groups is 1. The highest BCUT2D eigenvalue weighted by atomic mass is 16.5. The smallest absolute Gasteiger partial charge is 0.341 e. The molecule has 0 unspecified atom stereocenters. The number of carbonyl (C=O) groups is 2.